The lowest BCUT2D eigenvalue weighted by Gasteiger charge is -2.20. The molecule has 0 fully saturated rings. The molecule has 108 valence electrons. The molecule has 1 unspecified atom stereocenters. The number of aryl methyl sites for hydroxylation is 3. The standard InChI is InChI=1S/C17H29NS/c1-6-8-19-12-16(18-7-2)11-17-14(4)9-13(3)10-15(17)5/h9-10,16,18H,6-8,11-12H2,1-5H3. The number of hydrogen-bond donors (Lipinski definition) is 1. The zero-order valence-corrected chi connectivity index (χ0v) is 14.0. The topological polar surface area (TPSA) is 12.0 Å². The van der Waals surface area contributed by atoms with Crippen LogP contribution in [0.25, 0.3) is 0 Å². The van der Waals surface area contributed by atoms with Crippen molar-refractivity contribution < 1.29 is 0 Å². The van der Waals surface area contributed by atoms with Crippen LogP contribution in [0.1, 0.15) is 42.5 Å². The van der Waals surface area contributed by atoms with Crippen LogP contribution in [0.15, 0.2) is 12.1 Å². The third-order valence-electron chi connectivity index (χ3n) is 3.45. The van der Waals surface area contributed by atoms with Crippen molar-refractivity contribution in [1.82, 2.24) is 5.32 Å². The van der Waals surface area contributed by atoms with E-state index in [1.54, 1.807) is 0 Å². The van der Waals surface area contributed by atoms with E-state index >= 15 is 0 Å². The maximum absolute atomic E-state index is 3.64. The first-order valence-electron chi connectivity index (χ1n) is 7.46. The van der Waals surface area contributed by atoms with Gasteiger partial charge in [0.2, 0.25) is 0 Å². The number of thioether (sulfide) groups is 1. The Morgan fingerprint density at radius 2 is 1.74 bits per heavy atom. The van der Waals surface area contributed by atoms with Crippen LogP contribution in [0.4, 0.5) is 0 Å². The smallest absolute Gasteiger partial charge is 0.0198 e. The van der Waals surface area contributed by atoms with Gasteiger partial charge in [-0.15, -0.1) is 0 Å². The highest BCUT2D eigenvalue weighted by atomic mass is 32.2. The summed E-state index contributed by atoms with van der Waals surface area (Å²) in [7, 11) is 0. The van der Waals surface area contributed by atoms with Gasteiger partial charge in [0.05, 0.1) is 0 Å². The summed E-state index contributed by atoms with van der Waals surface area (Å²) in [6.45, 7) is 12.2. The lowest BCUT2D eigenvalue weighted by molar-refractivity contribution is 0.570. The number of likely N-dealkylation sites (N-methyl/N-ethyl adjacent to an activating group) is 1. The monoisotopic (exact) mass is 279 g/mol. The highest BCUT2D eigenvalue weighted by molar-refractivity contribution is 7.99. The van der Waals surface area contributed by atoms with Gasteiger partial charge in [0.15, 0.2) is 0 Å². The molecule has 0 saturated carbocycles. The normalized spacial score (nSPS) is 12.7. The fourth-order valence-corrected chi connectivity index (χ4v) is 3.60. The summed E-state index contributed by atoms with van der Waals surface area (Å²) in [5.74, 6) is 2.49. The maximum Gasteiger partial charge on any atom is 0.0198 e. The van der Waals surface area contributed by atoms with Crippen LogP contribution in [0.5, 0.6) is 0 Å². The Morgan fingerprint density at radius 1 is 1.11 bits per heavy atom. The van der Waals surface area contributed by atoms with E-state index in [-0.39, 0.29) is 0 Å². The molecular formula is C17H29NS. The molecule has 1 nitrogen and oxygen atoms in total. The minimum atomic E-state index is 0.599. The average molecular weight is 279 g/mol. The molecule has 1 rings (SSSR count). The summed E-state index contributed by atoms with van der Waals surface area (Å²) >= 11 is 2.07. The van der Waals surface area contributed by atoms with Gasteiger partial charge in [0.1, 0.15) is 0 Å². The summed E-state index contributed by atoms with van der Waals surface area (Å²) in [4.78, 5) is 0. The third kappa shape index (κ3) is 5.58. The summed E-state index contributed by atoms with van der Waals surface area (Å²) in [5.41, 5.74) is 5.80. The second-order valence-electron chi connectivity index (χ2n) is 5.41. The van der Waals surface area contributed by atoms with Crippen LogP contribution in [0, 0.1) is 20.8 Å². The Labute approximate surface area is 123 Å². The zero-order chi connectivity index (χ0) is 14.3. The van der Waals surface area contributed by atoms with E-state index in [1.165, 1.54) is 40.2 Å². The average Bonchev–Trinajstić information content (AvgIpc) is 2.33. The van der Waals surface area contributed by atoms with Crippen molar-refractivity contribution in [3.8, 4) is 0 Å². The van der Waals surface area contributed by atoms with Gasteiger partial charge in [-0.25, -0.2) is 0 Å². The fourth-order valence-electron chi connectivity index (χ4n) is 2.63. The Morgan fingerprint density at radius 3 is 2.26 bits per heavy atom. The van der Waals surface area contributed by atoms with Crippen LogP contribution in [-0.2, 0) is 6.42 Å². The van der Waals surface area contributed by atoms with E-state index in [4.69, 9.17) is 0 Å². The highest BCUT2D eigenvalue weighted by Gasteiger charge is 2.12. The Bertz CT molecular complexity index is 364. The van der Waals surface area contributed by atoms with Crippen LogP contribution >= 0.6 is 11.8 Å². The zero-order valence-electron chi connectivity index (χ0n) is 13.2. The van der Waals surface area contributed by atoms with Gasteiger partial charge < -0.3 is 5.32 Å². The first-order chi connectivity index (χ1) is 9.08. The first kappa shape index (κ1) is 16.6. The molecule has 19 heavy (non-hydrogen) atoms. The molecule has 1 atom stereocenters. The second-order valence-corrected chi connectivity index (χ2v) is 6.56. The van der Waals surface area contributed by atoms with Crippen LogP contribution in [0.2, 0.25) is 0 Å². The maximum atomic E-state index is 3.64. The summed E-state index contributed by atoms with van der Waals surface area (Å²) in [6, 6.07) is 5.22. The third-order valence-corrected chi connectivity index (χ3v) is 4.79. The van der Waals surface area contributed by atoms with Crippen LogP contribution in [-0.4, -0.2) is 24.1 Å². The SMILES string of the molecule is CCCSCC(Cc1c(C)cc(C)cc1C)NCC. The van der Waals surface area contributed by atoms with Gasteiger partial charge in [0, 0.05) is 11.8 Å². The Balaban J connectivity index is 2.72. The molecule has 2 heteroatoms. The van der Waals surface area contributed by atoms with E-state index in [0.29, 0.717) is 6.04 Å². The Kier molecular flexibility index (Phi) is 7.55. The van der Waals surface area contributed by atoms with Gasteiger partial charge in [-0.3, -0.25) is 0 Å². The molecule has 1 N–H and O–H groups in total. The second kappa shape index (κ2) is 8.65. The molecule has 0 aromatic heterocycles. The predicted molar refractivity (Wildman–Crippen MR) is 89.4 cm³/mol. The molecule has 0 heterocycles. The van der Waals surface area contributed by atoms with Crippen molar-refractivity contribution in [3.05, 3.63) is 34.4 Å². The quantitative estimate of drug-likeness (QED) is 0.713. The molecule has 1 aromatic rings. The minimum absolute atomic E-state index is 0.599. The number of benzene rings is 1. The number of nitrogens with one attached hydrogen (secondary N) is 1. The van der Waals surface area contributed by atoms with E-state index in [2.05, 4.69) is 63.8 Å². The molecule has 0 saturated heterocycles. The van der Waals surface area contributed by atoms with E-state index in [1.807, 2.05) is 0 Å². The molecule has 0 aliphatic carbocycles. The van der Waals surface area contributed by atoms with Crippen molar-refractivity contribution in [2.75, 3.05) is 18.1 Å². The molecular weight excluding hydrogens is 250 g/mol. The fraction of sp³-hybridized carbons (Fsp3) is 0.647. The van der Waals surface area contributed by atoms with E-state index in [9.17, 15) is 0 Å². The largest absolute Gasteiger partial charge is 0.313 e. The Hall–Kier alpha value is -0.470. The van der Waals surface area contributed by atoms with Crippen molar-refractivity contribution in [3.63, 3.8) is 0 Å². The van der Waals surface area contributed by atoms with Crippen molar-refractivity contribution in [1.29, 1.82) is 0 Å². The van der Waals surface area contributed by atoms with E-state index < -0.39 is 0 Å². The molecule has 1 aromatic carbocycles. The molecule has 0 spiro atoms. The van der Waals surface area contributed by atoms with E-state index in [0.717, 1.165) is 13.0 Å². The molecule has 0 bridgehead atoms. The summed E-state index contributed by atoms with van der Waals surface area (Å²) in [5, 5.41) is 3.64. The van der Waals surface area contributed by atoms with Gasteiger partial charge in [-0.1, -0.05) is 31.5 Å². The minimum Gasteiger partial charge on any atom is -0.313 e. The number of rotatable bonds is 8. The van der Waals surface area contributed by atoms with Gasteiger partial charge in [0.25, 0.3) is 0 Å². The van der Waals surface area contributed by atoms with Crippen molar-refractivity contribution in [2.24, 2.45) is 0 Å². The molecule has 0 aliphatic rings. The van der Waals surface area contributed by atoms with Gasteiger partial charge in [-0.2, -0.15) is 11.8 Å². The summed E-state index contributed by atoms with van der Waals surface area (Å²) in [6.07, 6.45) is 2.43. The predicted octanol–water partition coefficient (Wildman–Crippen LogP) is 4.28. The van der Waals surface area contributed by atoms with Crippen molar-refractivity contribution in [2.45, 2.75) is 53.5 Å². The molecule has 0 radical (unpaired) electrons. The lowest BCUT2D eigenvalue weighted by atomic mass is 9.95. The molecule has 0 amide bonds. The van der Waals surface area contributed by atoms with Crippen LogP contribution < -0.4 is 5.32 Å². The van der Waals surface area contributed by atoms with Crippen LogP contribution in [0.3, 0.4) is 0 Å². The lowest BCUT2D eigenvalue weighted by Crippen LogP contribution is -2.33. The van der Waals surface area contributed by atoms with Gasteiger partial charge in [-0.05, 0) is 62.6 Å². The van der Waals surface area contributed by atoms with Gasteiger partial charge >= 0.3 is 0 Å². The summed E-state index contributed by atoms with van der Waals surface area (Å²) < 4.78 is 0. The number of hydrogen-bond acceptors (Lipinski definition) is 2. The van der Waals surface area contributed by atoms with Crippen molar-refractivity contribution >= 4 is 11.8 Å². The molecule has 0 aliphatic heterocycles. The highest BCUT2D eigenvalue weighted by Crippen LogP contribution is 2.19. The first-order valence-corrected chi connectivity index (χ1v) is 8.61.